The SMILES string of the molecule is C=C1C(=O)N(c2ccccc2)[C@@H](c2ccc([N+](=O)[O-])cc2)[C@@H]1C. The molecule has 23 heavy (non-hydrogen) atoms. The van der Waals surface area contributed by atoms with E-state index in [9.17, 15) is 14.9 Å². The number of nitrogens with zero attached hydrogens (tertiary/aromatic N) is 2. The summed E-state index contributed by atoms with van der Waals surface area (Å²) in [6.07, 6.45) is 0. The zero-order chi connectivity index (χ0) is 16.6. The van der Waals surface area contributed by atoms with Crippen LogP contribution < -0.4 is 4.90 Å². The van der Waals surface area contributed by atoms with Gasteiger partial charge in [-0.1, -0.05) is 43.8 Å². The van der Waals surface area contributed by atoms with Gasteiger partial charge in [-0.25, -0.2) is 0 Å². The highest BCUT2D eigenvalue weighted by molar-refractivity contribution is 6.09. The second kappa shape index (κ2) is 5.68. The van der Waals surface area contributed by atoms with Gasteiger partial charge < -0.3 is 4.90 Å². The van der Waals surface area contributed by atoms with Crippen molar-refractivity contribution in [3.05, 3.63) is 82.4 Å². The van der Waals surface area contributed by atoms with E-state index < -0.39 is 4.92 Å². The molecule has 5 heteroatoms. The van der Waals surface area contributed by atoms with Gasteiger partial charge in [0, 0.05) is 29.3 Å². The lowest BCUT2D eigenvalue weighted by atomic mass is 9.93. The number of amides is 1. The Balaban J connectivity index is 2.05. The average Bonchev–Trinajstić information content (AvgIpc) is 2.80. The first-order chi connectivity index (χ1) is 11.0. The van der Waals surface area contributed by atoms with Crippen LogP contribution in [-0.4, -0.2) is 10.8 Å². The third-order valence-corrected chi connectivity index (χ3v) is 4.27. The third-order valence-electron chi connectivity index (χ3n) is 4.27. The van der Waals surface area contributed by atoms with Crippen molar-refractivity contribution in [3.8, 4) is 0 Å². The minimum Gasteiger partial charge on any atom is -0.301 e. The monoisotopic (exact) mass is 308 g/mol. The second-order valence-electron chi connectivity index (χ2n) is 5.62. The Kier molecular flexibility index (Phi) is 3.70. The maximum absolute atomic E-state index is 12.6. The number of benzene rings is 2. The molecule has 0 N–H and O–H groups in total. The van der Waals surface area contributed by atoms with Crippen LogP contribution in [0.1, 0.15) is 18.5 Å². The van der Waals surface area contributed by atoms with Crippen LogP contribution in [0, 0.1) is 16.0 Å². The number of rotatable bonds is 3. The Labute approximate surface area is 134 Å². The van der Waals surface area contributed by atoms with Crippen molar-refractivity contribution >= 4 is 17.3 Å². The van der Waals surface area contributed by atoms with Gasteiger partial charge in [0.1, 0.15) is 0 Å². The van der Waals surface area contributed by atoms with Gasteiger partial charge in [-0.05, 0) is 17.7 Å². The summed E-state index contributed by atoms with van der Waals surface area (Å²) in [6, 6.07) is 15.5. The van der Waals surface area contributed by atoms with E-state index in [4.69, 9.17) is 0 Å². The van der Waals surface area contributed by atoms with Gasteiger partial charge in [0.25, 0.3) is 11.6 Å². The van der Waals surface area contributed by atoms with E-state index in [1.54, 1.807) is 17.0 Å². The predicted octanol–water partition coefficient (Wildman–Crippen LogP) is 3.88. The molecular formula is C18H16N2O3. The van der Waals surface area contributed by atoms with Crippen molar-refractivity contribution in [2.24, 2.45) is 5.92 Å². The Bertz CT molecular complexity index is 769. The van der Waals surface area contributed by atoms with Crippen molar-refractivity contribution in [2.75, 3.05) is 4.90 Å². The smallest absolute Gasteiger partial charge is 0.269 e. The van der Waals surface area contributed by atoms with Gasteiger partial charge in [0.2, 0.25) is 0 Å². The molecule has 2 atom stereocenters. The summed E-state index contributed by atoms with van der Waals surface area (Å²) in [7, 11) is 0. The lowest BCUT2D eigenvalue weighted by Gasteiger charge is -2.27. The quantitative estimate of drug-likeness (QED) is 0.491. The molecular weight excluding hydrogens is 292 g/mol. The molecule has 0 aliphatic carbocycles. The molecule has 1 heterocycles. The molecule has 0 bridgehead atoms. The molecule has 1 aliphatic rings. The van der Waals surface area contributed by atoms with Crippen LogP contribution in [0.2, 0.25) is 0 Å². The molecule has 0 radical (unpaired) electrons. The van der Waals surface area contributed by atoms with Gasteiger partial charge in [-0.2, -0.15) is 0 Å². The molecule has 1 fully saturated rings. The summed E-state index contributed by atoms with van der Waals surface area (Å²) in [5.41, 5.74) is 2.25. The van der Waals surface area contributed by atoms with Crippen molar-refractivity contribution in [3.63, 3.8) is 0 Å². The highest BCUT2D eigenvalue weighted by Gasteiger charge is 2.42. The van der Waals surface area contributed by atoms with Crippen LogP contribution in [0.5, 0.6) is 0 Å². The zero-order valence-corrected chi connectivity index (χ0v) is 12.7. The number of nitro groups is 1. The van der Waals surface area contributed by atoms with E-state index in [0.717, 1.165) is 11.3 Å². The van der Waals surface area contributed by atoms with Gasteiger partial charge in [-0.3, -0.25) is 14.9 Å². The lowest BCUT2D eigenvalue weighted by Crippen LogP contribution is -2.28. The number of anilines is 1. The van der Waals surface area contributed by atoms with E-state index in [-0.39, 0.29) is 23.6 Å². The molecule has 3 rings (SSSR count). The number of carbonyl (C=O) groups excluding carboxylic acids is 1. The highest BCUT2D eigenvalue weighted by Crippen LogP contribution is 2.43. The summed E-state index contributed by atoms with van der Waals surface area (Å²) in [4.78, 5) is 24.7. The van der Waals surface area contributed by atoms with Crippen molar-refractivity contribution < 1.29 is 9.72 Å². The summed E-state index contributed by atoms with van der Waals surface area (Å²) < 4.78 is 0. The molecule has 0 unspecified atom stereocenters. The average molecular weight is 308 g/mol. The third kappa shape index (κ3) is 2.50. The summed E-state index contributed by atoms with van der Waals surface area (Å²) in [5.74, 6) is -0.170. The number of non-ortho nitro benzene ring substituents is 1. The molecule has 0 spiro atoms. The van der Waals surface area contributed by atoms with Crippen LogP contribution in [-0.2, 0) is 4.79 Å². The van der Waals surface area contributed by atoms with E-state index in [0.29, 0.717) is 5.57 Å². The van der Waals surface area contributed by atoms with Crippen LogP contribution in [0.15, 0.2) is 66.7 Å². The van der Waals surface area contributed by atoms with Gasteiger partial charge in [0.05, 0.1) is 11.0 Å². The van der Waals surface area contributed by atoms with Gasteiger partial charge in [0.15, 0.2) is 0 Å². The number of carbonyl (C=O) groups is 1. The van der Waals surface area contributed by atoms with E-state index in [1.807, 2.05) is 37.3 Å². The van der Waals surface area contributed by atoms with Crippen molar-refractivity contribution in [2.45, 2.75) is 13.0 Å². The molecule has 2 aromatic carbocycles. The fraction of sp³-hybridized carbons (Fsp3) is 0.167. The van der Waals surface area contributed by atoms with Crippen LogP contribution >= 0.6 is 0 Å². The molecule has 116 valence electrons. The largest absolute Gasteiger partial charge is 0.301 e. The number of para-hydroxylation sites is 1. The molecule has 2 aromatic rings. The summed E-state index contributed by atoms with van der Waals surface area (Å²) in [6.45, 7) is 5.87. The Morgan fingerprint density at radius 3 is 2.26 bits per heavy atom. The Hall–Kier alpha value is -2.95. The van der Waals surface area contributed by atoms with E-state index in [2.05, 4.69) is 6.58 Å². The minimum absolute atomic E-state index is 0.0378. The maximum Gasteiger partial charge on any atom is 0.269 e. The molecule has 1 saturated heterocycles. The standard InChI is InChI=1S/C18H16N2O3/c1-12-13(2)18(21)19(15-6-4-3-5-7-15)17(12)14-8-10-16(11-9-14)20(22)23/h3-12,17H,2H2,1H3/t12-,17-/m1/s1. The Morgan fingerprint density at radius 2 is 1.70 bits per heavy atom. The number of hydrogen-bond acceptors (Lipinski definition) is 3. The molecule has 0 aromatic heterocycles. The number of nitro benzene ring substituents is 1. The Morgan fingerprint density at radius 1 is 1.09 bits per heavy atom. The van der Waals surface area contributed by atoms with Gasteiger partial charge in [-0.15, -0.1) is 0 Å². The minimum atomic E-state index is -0.430. The fourth-order valence-corrected chi connectivity index (χ4v) is 2.99. The van der Waals surface area contributed by atoms with Gasteiger partial charge >= 0.3 is 0 Å². The topological polar surface area (TPSA) is 63.5 Å². The molecule has 1 aliphatic heterocycles. The first kappa shape index (κ1) is 15.0. The highest BCUT2D eigenvalue weighted by atomic mass is 16.6. The molecule has 0 saturated carbocycles. The number of hydrogen-bond donors (Lipinski definition) is 0. The predicted molar refractivity (Wildman–Crippen MR) is 88.1 cm³/mol. The van der Waals surface area contributed by atoms with Crippen LogP contribution in [0.3, 0.4) is 0 Å². The second-order valence-corrected chi connectivity index (χ2v) is 5.62. The van der Waals surface area contributed by atoms with E-state index in [1.165, 1.54) is 12.1 Å². The summed E-state index contributed by atoms with van der Waals surface area (Å²) in [5, 5.41) is 10.8. The normalized spacial score (nSPS) is 20.8. The van der Waals surface area contributed by atoms with E-state index >= 15 is 0 Å². The summed E-state index contributed by atoms with van der Waals surface area (Å²) >= 11 is 0. The fourth-order valence-electron chi connectivity index (χ4n) is 2.99. The van der Waals surface area contributed by atoms with Crippen molar-refractivity contribution in [1.82, 2.24) is 0 Å². The van der Waals surface area contributed by atoms with Crippen molar-refractivity contribution in [1.29, 1.82) is 0 Å². The maximum atomic E-state index is 12.6. The zero-order valence-electron chi connectivity index (χ0n) is 12.7. The molecule has 1 amide bonds. The molecule has 5 nitrogen and oxygen atoms in total. The lowest BCUT2D eigenvalue weighted by molar-refractivity contribution is -0.384. The first-order valence-corrected chi connectivity index (χ1v) is 7.32. The van der Waals surface area contributed by atoms with Crippen LogP contribution in [0.25, 0.3) is 0 Å². The van der Waals surface area contributed by atoms with Crippen LogP contribution in [0.4, 0.5) is 11.4 Å². The first-order valence-electron chi connectivity index (χ1n) is 7.32.